The summed E-state index contributed by atoms with van der Waals surface area (Å²) in [5, 5.41) is 4.04. The van der Waals surface area contributed by atoms with Gasteiger partial charge in [-0.2, -0.15) is 5.10 Å². The number of nitrogens with zero attached hydrogens (tertiary/aromatic N) is 2. The first-order chi connectivity index (χ1) is 9.92. The zero-order valence-corrected chi connectivity index (χ0v) is 13.1. The van der Waals surface area contributed by atoms with E-state index >= 15 is 0 Å². The number of hydrogen-bond donors (Lipinski definition) is 1. The van der Waals surface area contributed by atoms with E-state index in [4.69, 9.17) is 4.74 Å². The summed E-state index contributed by atoms with van der Waals surface area (Å²) in [7, 11) is -1.96. The minimum absolute atomic E-state index is 0.121. The maximum Gasteiger partial charge on any atom is 0.243 e. The summed E-state index contributed by atoms with van der Waals surface area (Å²) in [6, 6.07) is 7.34. The molecule has 0 saturated heterocycles. The predicted molar refractivity (Wildman–Crippen MR) is 79.6 cm³/mol. The molecule has 2 aromatic rings. The summed E-state index contributed by atoms with van der Waals surface area (Å²) >= 11 is 0. The van der Waals surface area contributed by atoms with Crippen molar-refractivity contribution in [2.24, 2.45) is 0 Å². The molecule has 7 heteroatoms. The van der Waals surface area contributed by atoms with Gasteiger partial charge >= 0.3 is 0 Å². The molecule has 114 valence electrons. The number of aromatic nitrogens is 2. The SMILES string of the molecule is COc1ccc(CNS(=O)(=O)c2cnn(C(C)C)c2)cc1. The lowest BCUT2D eigenvalue weighted by Gasteiger charge is -2.06. The highest BCUT2D eigenvalue weighted by Gasteiger charge is 2.16. The van der Waals surface area contributed by atoms with E-state index in [9.17, 15) is 8.42 Å². The van der Waals surface area contributed by atoms with Crippen LogP contribution in [0.2, 0.25) is 0 Å². The third-order valence-electron chi connectivity index (χ3n) is 3.04. The molecule has 0 unspecified atom stereocenters. The van der Waals surface area contributed by atoms with E-state index in [0.29, 0.717) is 0 Å². The van der Waals surface area contributed by atoms with Gasteiger partial charge < -0.3 is 4.74 Å². The number of nitrogens with one attached hydrogen (secondary N) is 1. The van der Waals surface area contributed by atoms with Gasteiger partial charge in [-0.25, -0.2) is 13.1 Å². The predicted octanol–water partition coefficient (Wildman–Crippen LogP) is 1.95. The molecule has 0 atom stereocenters. The fourth-order valence-electron chi connectivity index (χ4n) is 1.75. The Bertz CT molecular complexity index is 691. The quantitative estimate of drug-likeness (QED) is 0.885. The number of methoxy groups -OCH3 is 1. The lowest BCUT2D eigenvalue weighted by atomic mass is 10.2. The third kappa shape index (κ3) is 3.83. The molecule has 0 bridgehead atoms. The van der Waals surface area contributed by atoms with Crippen LogP contribution in [0.25, 0.3) is 0 Å². The molecule has 1 aromatic heterocycles. The van der Waals surface area contributed by atoms with Crippen LogP contribution >= 0.6 is 0 Å². The molecule has 0 aliphatic heterocycles. The highest BCUT2D eigenvalue weighted by Crippen LogP contribution is 2.13. The monoisotopic (exact) mass is 309 g/mol. The molecule has 1 aromatic carbocycles. The van der Waals surface area contributed by atoms with Crippen LogP contribution in [0.15, 0.2) is 41.6 Å². The molecule has 21 heavy (non-hydrogen) atoms. The lowest BCUT2D eigenvalue weighted by Crippen LogP contribution is -2.22. The van der Waals surface area contributed by atoms with Crippen LogP contribution in [0.1, 0.15) is 25.5 Å². The Morgan fingerprint density at radius 1 is 1.29 bits per heavy atom. The van der Waals surface area contributed by atoms with Crippen LogP contribution in [0, 0.1) is 0 Å². The van der Waals surface area contributed by atoms with Crippen molar-refractivity contribution in [3.63, 3.8) is 0 Å². The largest absolute Gasteiger partial charge is 0.497 e. The Labute approximate surface area is 124 Å². The Balaban J connectivity index is 2.06. The van der Waals surface area contributed by atoms with Crippen molar-refractivity contribution in [3.8, 4) is 5.75 Å². The standard InChI is InChI=1S/C14H19N3O3S/c1-11(2)17-10-14(9-15-17)21(18,19)16-8-12-4-6-13(20-3)7-5-12/h4-7,9-11,16H,8H2,1-3H3. The zero-order valence-electron chi connectivity index (χ0n) is 12.3. The third-order valence-corrected chi connectivity index (χ3v) is 4.40. The average Bonchev–Trinajstić information content (AvgIpc) is 2.97. The first-order valence-electron chi connectivity index (χ1n) is 6.59. The summed E-state index contributed by atoms with van der Waals surface area (Å²) in [5.41, 5.74) is 0.857. The second kappa shape index (κ2) is 6.28. The highest BCUT2D eigenvalue weighted by atomic mass is 32.2. The molecule has 6 nitrogen and oxygen atoms in total. The Kier molecular flexibility index (Phi) is 4.64. The maximum absolute atomic E-state index is 12.2. The van der Waals surface area contributed by atoms with Crippen molar-refractivity contribution in [1.29, 1.82) is 0 Å². The fourth-order valence-corrected chi connectivity index (χ4v) is 2.70. The topological polar surface area (TPSA) is 73.2 Å². The smallest absolute Gasteiger partial charge is 0.243 e. The summed E-state index contributed by atoms with van der Waals surface area (Å²) in [6.07, 6.45) is 2.89. The summed E-state index contributed by atoms with van der Waals surface area (Å²) in [6.45, 7) is 4.10. The molecular weight excluding hydrogens is 290 g/mol. The normalized spacial score (nSPS) is 11.8. The second-order valence-corrected chi connectivity index (χ2v) is 6.69. The van der Waals surface area contributed by atoms with Crippen LogP contribution in [0.3, 0.4) is 0 Å². The van der Waals surface area contributed by atoms with Crippen molar-refractivity contribution in [2.45, 2.75) is 31.3 Å². The van der Waals surface area contributed by atoms with Gasteiger partial charge in [0.2, 0.25) is 10.0 Å². The van der Waals surface area contributed by atoms with Crippen molar-refractivity contribution < 1.29 is 13.2 Å². The molecule has 1 N–H and O–H groups in total. The van der Waals surface area contributed by atoms with E-state index in [1.807, 2.05) is 26.0 Å². The molecule has 0 amide bonds. The van der Waals surface area contributed by atoms with Gasteiger partial charge in [0.25, 0.3) is 0 Å². The summed E-state index contributed by atoms with van der Waals surface area (Å²) in [4.78, 5) is 0.171. The number of rotatable bonds is 6. The van der Waals surface area contributed by atoms with E-state index in [0.717, 1.165) is 11.3 Å². The van der Waals surface area contributed by atoms with Crippen LogP contribution in [0.5, 0.6) is 5.75 Å². The van der Waals surface area contributed by atoms with Gasteiger partial charge in [0.15, 0.2) is 0 Å². The van der Waals surface area contributed by atoms with Crippen molar-refractivity contribution in [3.05, 3.63) is 42.2 Å². The molecule has 2 rings (SSSR count). The molecule has 0 spiro atoms. The molecular formula is C14H19N3O3S. The molecule has 0 aliphatic rings. The van der Waals surface area contributed by atoms with Crippen LogP contribution < -0.4 is 9.46 Å². The summed E-state index contributed by atoms with van der Waals surface area (Å²) in [5.74, 6) is 0.736. The van der Waals surface area contributed by atoms with E-state index in [1.165, 1.54) is 12.4 Å². The minimum atomic E-state index is -3.55. The summed E-state index contributed by atoms with van der Waals surface area (Å²) < 4.78 is 33.6. The van der Waals surface area contributed by atoms with Gasteiger partial charge in [0.1, 0.15) is 10.6 Å². The highest BCUT2D eigenvalue weighted by molar-refractivity contribution is 7.89. The number of benzene rings is 1. The minimum Gasteiger partial charge on any atom is -0.497 e. The number of hydrogen-bond acceptors (Lipinski definition) is 4. The van der Waals surface area contributed by atoms with Gasteiger partial charge in [-0.15, -0.1) is 0 Å². The average molecular weight is 309 g/mol. The first-order valence-corrected chi connectivity index (χ1v) is 8.07. The van der Waals surface area contributed by atoms with Crippen molar-refractivity contribution in [2.75, 3.05) is 7.11 Å². The number of ether oxygens (including phenoxy) is 1. The molecule has 0 radical (unpaired) electrons. The second-order valence-electron chi connectivity index (χ2n) is 4.92. The maximum atomic E-state index is 12.2. The van der Waals surface area contributed by atoms with Gasteiger partial charge in [-0.05, 0) is 31.5 Å². The van der Waals surface area contributed by atoms with Gasteiger partial charge in [0, 0.05) is 18.8 Å². The Morgan fingerprint density at radius 2 is 1.95 bits per heavy atom. The number of sulfonamides is 1. The Hall–Kier alpha value is -1.86. The van der Waals surface area contributed by atoms with E-state index < -0.39 is 10.0 Å². The van der Waals surface area contributed by atoms with E-state index in [1.54, 1.807) is 23.9 Å². The Morgan fingerprint density at radius 3 is 2.48 bits per heavy atom. The van der Waals surface area contributed by atoms with Crippen LogP contribution in [-0.2, 0) is 16.6 Å². The molecule has 0 saturated carbocycles. The van der Waals surface area contributed by atoms with Crippen molar-refractivity contribution >= 4 is 10.0 Å². The van der Waals surface area contributed by atoms with E-state index in [2.05, 4.69) is 9.82 Å². The molecule has 0 aliphatic carbocycles. The lowest BCUT2D eigenvalue weighted by molar-refractivity contribution is 0.414. The van der Waals surface area contributed by atoms with E-state index in [-0.39, 0.29) is 17.5 Å². The zero-order chi connectivity index (χ0) is 15.5. The van der Waals surface area contributed by atoms with Gasteiger partial charge in [0.05, 0.1) is 13.3 Å². The van der Waals surface area contributed by atoms with Crippen LogP contribution in [-0.4, -0.2) is 25.3 Å². The van der Waals surface area contributed by atoms with Gasteiger partial charge in [-0.1, -0.05) is 12.1 Å². The molecule has 1 heterocycles. The fraction of sp³-hybridized carbons (Fsp3) is 0.357. The first kappa shape index (κ1) is 15.5. The molecule has 0 fully saturated rings. The van der Waals surface area contributed by atoms with Crippen LogP contribution in [0.4, 0.5) is 0 Å². The van der Waals surface area contributed by atoms with Crippen molar-refractivity contribution in [1.82, 2.24) is 14.5 Å². The van der Waals surface area contributed by atoms with Gasteiger partial charge in [-0.3, -0.25) is 4.68 Å².